The molecule has 9 heteroatoms. The SMILES string of the molecule is CCNC(=NCc1ccc(N2CCOC(C)C2)nc1)N(C)Cc1csc(C(C)OC)n1. The van der Waals surface area contributed by atoms with Crippen LogP contribution in [0.3, 0.4) is 0 Å². The molecule has 0 amide bonds. The second kappa shape index (κ2) is 11.4. The molecular formula is C22H34N6O2S. The predicted octanol–water partition coefficient (Wildman–Crippen LogP) is 3.07. The van der Waals surface area contributed by atoms with Gasteiger partial charge in [0.1, 0.15) is 16.9 Å². The summed E-state index contributed by atoms with van der Waals surface area (Å²) >= 11 is 1.63. The summed E-state index contributed by atoms with van der Waals surface area (Å²) < 4.78 is 11.0. The summed E-state index contributed by atoms with van der Waals surface area (Å²) in [5.41, 5.74) is 2.10. The van der Waals surface area contributed by atoms with E-state index in [1.165, 1.54) is 0 Å². The Morgan fingerprint density at radius 3 is 3.00 bits per heavy atom. The Morgan fingerprint density at radius 1 is 1.48 bits per heavy atom. The first-order valence-electron chi connectivity index (χ1n) is 10.8. The van der Waals surface area contributed by atoms with Gasteiger partial charge in [0.05, 0.1) is 31.5 Å². The number of hydrogen-bond acceptors (Lipinski definition) is 7. The monoisotopic (exact) mass is 446 g/mol. The van der Waals surface area contributed by atoms with Crippen molar-refractivity contribution in [2.75, 3.05) is 45.3 Å². The van der Waals surface area contributed by atoms with Crippen molar-refractivity contribution in [1.82, 2.24) is 20.2 Å². The van der Waals surface area contributed by atoms with Gasteiger partial charge in [-0.2, -0.15) is 0 Å². The third-order valence-corrected chi connectivity index (χ3v) is 6.21. The molecule has 8 nitrogen and oxygen atoms in total. The number of anilines is 1. The molecule has 2 aromatic rings. The zero-order valence-corrected chi connectivity index (χ0v) is 20.0. The number of ether oxygens (including phenoxy) is 2. The number of aromatic nitrogens is 2. The van der Waals surface area contributed by atoms with Gasteiger partial charge in [0, 0.05) is 45.4 Å². The number of guanidine groups is 1. The molecule has 3 heterocycles. The second-order valence-electron chi connectivity index (χ2n) is 7.73. The fourth-order valence-electron chi connectivity index (χ4n) is 3.36. The number of methoxy groups -OCH3 is 1. The maximum Gasteiger partial charge on any atom is 0.194 e. The molecule has 0 saturated carbocycles. The molecule has 0 radical (unpaired) electrons. The minimum absolute atomic E-state index is 0.0158. The highest BCUT2D eigenvalue weighted by Gasteiger charge is 2.18. The number of pyridine rings is 1. The smallest absolute Gasteiger partial charge is 0.194 e. The molecule has 1 fully saturated rings. The van der Waals surface area contributed by atoms with Crippen LogP contribution < -0.4 is 10.2 Å². The van der Waals surface area contributed by atoms with E-state index in [9.17, 15) is 0 Å². The van der Waals surface area contributed by atoms with Gasteiger partial charge in [0.15, 0.2) is 5.96 Å². The lowest BCUT2D eigenvalue weighted by Gasteiger charge is -2.32. The van der Waals surface area contributed by atoms with Gasteiger partial charge < -0.3 is 24.6 Å². The molecule has 1 aliphatic heterocycles. The normalized spacial score (nSPS) is 18.2. The minimum atomic E-state index is 0.0158. The first-order chi connectivity index (χ1) is 15.0. The zero-order chi connectivity index (χ0) is 22.2. The molecule has 2 unspecified atom stereocenters. The lowest BCUT2D eigenvalue weighted by molar-refractivity contribution is 0.0529. The van der Waals surface area contributed by atoms with Crippen molar-refractivity contribution in [2.45, 2.75) is 46.1 Å². The zero-order valence-electron chi connectivity index (χ0n) is 19.2. The number of rotatable bonds is 8. The molecule has 0 aliphatic carbocycles. The highest BCUT2D eigenvalue weighted by atomic mass is 32.1. The highest BCUT2D eigenvalue weighted by Crippen LogP contribution is 2.21. The van der Waals surface area contributed by atoms with E-state index < -0.39 is 0 Å². The van der Waals surface area contributed by atoms with Crippen molar-refractivity contribution >= 4 is 23.1 Å². The van der Waals surface area contributed by atoms with E-state index in [2.05, 4.69) is 56.4 Å². The summed E-state index contributed by atoms with van der Waals surface area (Å²) in [4.78, 5) is 18.5. The van der Waals surface area contributed by atoms with E-state index in [1.807, 2.05) is 20.2 Å². The minimum Gasteiger partial charge on any atom is -0.375 e. The van der Waals surface area contributed by atoms with Crippen LogP contribution in [0, 0.1) is 0 Å². The molecule has 1 aliphatic rings. The fraction of sp³-hybridized carbons (Fsp3) is 0.591. The fourth-order valence-corrected chi connectivity index (χ4v) is 4.20. The average Bonchev–Trinajstić information content (AvgIpc) is 3.25. The van der Waals surface area contributed by atoms with Crippen LogP contribution in [0.25, 0.3) is 0 Å². The van der Waals surface area contributed by atoms with E-state index in [-0.39, 0.29) is 12.2 Å². The van der Waals surface area contributed by atoms with Gasteiger partial charge in [-0.05, 0) is 32.4 Å². The topological polar surface area (TPSA) is 75.1 Å². The van der Waals surface area contributed by atoms with Crippen LogP contribution in [0.2, 0.25) is 0 Å². The lowest BCUT2D eigenvalue weighted by atomic mass is 10.2. The summed E-state index contributed by atoms with van der Waals surface area (Å²) in [6, 6.07) is 4.18. The van der Waals surface area contributed by atoms with Crippen LogP contribution in [0.15, 0.2) is 28.7 Å². The van der Waals surface area contributed by atoms with Gasteiger partial charge in [0.2, 0.25) is 0 Å². The van der Waals surface area contributed by atoms with Crippen LogP contribution in [0.4, 0.5) is 5.82 Å². The maximum atomic E-state index is 5.62. The quantitative estimate of drug-likeness (QED) is 0.493. The van der Waals surface area contributed by atoms with Crippen molar-refractivity contribution in [3.63, 3.8) is 0 Å². The van der Waals surface area contributed by atoms with Gasteiger partial charge in [-0.3, -0.25) is 0 Å². The second-order valence-corrected chi connectivity index (χ2v) is 8.62. The standard InChI is InChI=1S/C22H34N6O2S/c1-6-23-22(27(4)14-19-15-31-21(26-19)17(3)29-5)25-12-18-7-8-20(24-11-18)28-9-10-30-16(2)13-28/h7-8,11,15-17H,6,9-10,12-14H2,1-5H3,(H,23,25). The van der Waals surface area contributed by atoms with Gasteiger partial charge in [-0.1, -0.05) is 6.07 Å². The number of hydrogen-bond donors (Lipinski definition) is 1. The largest absolute Gasteiger partial charge is 0.375 e. The van der Waals surface area contributed by atoms with Gasteiger partial charge in [-0.15, -0.1) is 11.3 Å². The predicted molar refractivity (Wildman–Crippen MR) is 126 cm³/mol. The average molecular weight is 447 g/mol. The Balaban J connectivity index is 1.61. The number of nitrogens with one attached hydrogen (secondary N) is 1. The Hall–Kier alpha value is -2.23. The van der Waals surface area contributed by atoms with Crippen molar-refractivity contribution in [3.8, 4) is 0 Å². The summed E-state index contributed by atoms with van der Waals surface area (Å²) in [6.45, 7) is 10.7. The van der Waals surface area contributed by atoms with E-state index >= 15 is 0 Å². The first-order valence-corrected chi connectivity index (χ1v) is 11.7. The van der Waals surface area contributed by atoms with E-state index in [4.69, 9.17) is 14.5 Å². The van der Waals surface area contributed by atoms with Crippen LogP contribution >= 0.6 is 11.3 Å². The number of thiazole rings is 1. The summed E-state index contributed by atoms with van der Waals surface area (Å²) in [7, 11) is 3.73. The first kappa shape index (κ1) is 23.4. The molecular weight excluding hydrogens is 412 g/mol. The number of morpholine rings is 1. The van der Waals surface area contributed by atoms with Crippen LogP contribution in [0.1, 0.15) is 43.1 Å². The maximum absolute atomic E-state index is 5.62. The third kappa shape index (κ3) is 6.62. The molecule has 0 aromatic carbocycles. The summed E-state index contributed by atoms with van der Waals surface area (Å²) in [6.07, 6.45) is 2.17. The van der Waals surface area contributed by atoms with Gasteiger partial charge >= 0.3 is 0 Å². The van der Waals surface area contributed by atoms with Crippen molar-refractivity contribution in [1.29, 1.82) is 0 Å². The lowest BCUT2D eigenvalue weighted by Crippen LogP contribution is -2.41. The molecule has 3 rings (SSSR count). The molecule has 0 spiro atoms. The van der Waals surface area contributed by atoms with Crippen molar-refractivity contribution < 1.29 is 9.47 Å². The molecule has 170 valence electrons. The van der Waals surface area contributed by atoms with Crippen molar-refractivity contribution in [3.05, 3.63) is 40.0 Å². The molecule has 1 N–H and O–H groups in total. The van der Waals surface area contributed by atoms with E-state index in [1.54, 1.807) is 18.4 Å². The highest BCUT2D eigenvalue weighted by molar-refractivity contribution is 7.09. The number of aliphatic imine (C=N–C) groups is 1. The molecule has 2 atom stereocenters. The Morgan fingerprint density at radius 2 is 2.32 bits per heavy atom. The Labute approximate surface area is 189 Å². The van der Waals surface area contributed by atoms with Gasteiger partial charge in [0.25, 0.3) is 0 Å². The summed E-state index contributed by atoms with van der Waals surface area (Å²) in [5.74, 6) is 1.85. The van der Waals surface area contributed by atoms with Crippen LogP contribution in [-0.4, -0.2) is 67.3 Å². The van der Waals surface area contributed by atoms with Crippen molar-refractivity contribution in [2.24, 2.45) is 4.99 Å². The van der Waals surface area contributed by atoms with E-state index in [0.717, 1.165) is 54.3 Å². The van der Waals surface area contributed by atoms with E-state index in [0.29, 0.717) is 13.1 Å². The Bertz CT molecular complexity index is 841. The molecule has 0 bridgehead atoms. The number of nitrogens with zero attached hydrogens (tertiary/aromatic N) is 5. The van der Waals surface area contributed by atoms with Crippen LogP contribution in [-0.2, 0) is 22.6 Å². The Kier molecular flexibility index (Phi) is 8.62. The molecule has 1 saturated heterocycles. The summed E-state index contributed by atoms with van der Waals surface area (Å²) in [5, 5.41) is 6.44. The third-order valence-electron chi connectivity index (χ3n) is 5.15. The van der Waals surface area contributed by atoms with Crippen LogP contribution in [0.5, 0.6) is 0 Å². The molecule has 2 aromatic heterocycles. The van der Waals surface area contributed by atoms with Gasteiger partial charge in [-0.25, -0.2) is 15.0 Å². The molecule has 31 heavy (non-hydrogen) atoms.